The van der Waals surface area contributed by atoms with Crippen LogP contribution in [0.5, 0.6) is 0 Å². The average Bonchev–Trinajstić information content (AvgIpc) is 3.61. The normalized spacial score (nSPS) is 15.0. The van der Waals surface area contributed by atoms with Gasteiger partial charge in [0.1, 0.15) is 9.09 Å². The first-order valence-corrected chi connectivity index (χ1v) is 14.6. The van der Waals surface area contributed by atoms with Gasteiger partial charge >= 0.3 is 0 Å². The third kappa shape index (κ3) is 5.03. The Labute approximate surface area is 217 Å². The number of carbonyl (C=O) groups is 2. The minimum absolute atomic E-state index is 0.153. The molecule has 1 aliphatic heterocycles. The molecule has 1 saturated heterocycles. The summed E-state index contributed by atoms with van der Waals surface area (Å²) >= 11 is 2.35. The lowest BCUT2D eigenvalue weighted by molar-refractivity contribution is -0.120. The number of amides is 1. The Morgan fingerprint density at radius 1 is 0.917 bits per heavy atom. The number of hydrogen-bond donors (Lipinski definition) is 1. The summed E-state index contributed by atoms with van der Waals surface area (Å²) in [5, 5.41) is 4.97. The lowest BCUT2D eigenvalue weighted by Gasteiger charge is -2.29. The van der Waals surface area contributed by atoms with Crippen LogP contribution in [0.15, 0.2) is 82.4 Å². The molecule has 1 fully saturated rings. The second kappa shape index (κ2) is 10.4. The van der Waals surface area contributed by atoms with Gasteiger partial charge in [-0.15, -0.1) is 11.3 Å². The van der Waals surface area contributed by atoms with Gasteiger partial charge in [-0.25, -0.2) is 13.4 Å². The fourth-order valence-corrected chi connectivity index (χ4v) is 7.71. The van der Waals surface area contributed by atoms with Crippen LogP contribution in [0.4, 0.5) is 5.13 Å². The van der Waals surface area contributed by atoms with Gasteiger partial charge in [-0.3, -0.25) is 9.59 Å². The van der Waals surface area contributed by atoms with Gasteiger partial charge in [0.2, 0.25) is 11.7 Å². The fourth-order valence-electron chi connectivity index (χ4n) is 4.14. The molecule has 1 N–H and O–H groups in total. The van der Waals surface area contributed by atoms with Crippen LogP contribution in [0.25, 0.3) is 11.3 Å². The number of carbonyl (C=O) groups excluding carboxylic acids is 2. The number of thiazole rings is 1. The standard InChI is InChI=1S/C26H23N3O4S3/c30-23(19-10-5-2-6-11-19)24-22(18-8-3-1-4-9-18)27-26(35-24)28-25(31)20-13-15-29(16-14-20)36(32,33)21-12-7-17-34-21/h1-12,17,20H,13-16H2,(H,27,28,31). The Morgan fingerprint density at radius 2 is 1.58 bits per heavy atom. The number of nitrogens with zero attached hydrogens (tertiary/aromatic N) is 2. The fraction of sp³-hybridized carbons (Fsp3) is 0.192. The molecule has 0 spiro atoms. The molecular formula is C26H23N3O4S3. The van der Waals surface area contributed by atoms with Crippen LogP contribution in [0.3, 0.4) is 0 Å². The zero-order chi connectivity index (χ0) is 25.1. The number of ketones is 1. The number of nitrogens with one attached hydrogen (secondary N) is 1. The Hall–Kier alpha value is -3.18. The van der Waals surface area contributed by atoms with Gasteiger partial charge < -0.3 is 5.32 Å². The van der Waals surface area contributed by atoms with Crippen LogP contribution in [0.2, 0.25) is 0 Å². The van der Waals surface area contributed by atoms with Gasteiger partial charge in [0.25, 0.3) is 10.0 Å². The minimum Gasteiger partial charge on any atom is -0.302 e. The molecule has 4 aromatic rings. The molecule has 0 unspecified atom stereocenters. The van der Waals surface area contributed by atoms with E-state index < -0.39 is 10.0 Å². The molecule has 184 valence electrons. The molecule has 0 bridgehead atoms. The van der Waals surface area contributed by atoms with Crippen molar-refractivity contribution in [2.24, 2.45) is 5.92 Å². The second-order valence-electron chi connectivity index (χ2n) is 8.36. The Balaban J connectivity index is 1.32. The van der Waals surface area contributed by atoms with Crippen LogP contribution in [0, 0.1) is 5.92 Å². The highest BCUT2D eigenvalue weighted by Crippen LogP contribution is 2.34. The molecule has 0 saturated carbocycles. The van der Waals surface area contributed by atoms with Crippen LogP contribution in [-0.4, -0.2) is 42.5 Å². The molecular weight excluding hydrogens is 515 g/mol. The summed E-state index contributed by atoms with van der Waals surface area (Å²) in [7, 11) is -3.52. The van der Waals surface area contributed by atoms with E-state index in [0.717, 1.165) is 16.9 Å². The zero-order valence-electron chi connectivity index (χ0n) is 19.2. The Bertz CT molecular complexity index is 1460. The highest BCUT2D eigenvalue weighted by atomic mass is 32.2. The number of anilines is 1. The van der Waals surface area contributed by atoms with Crippen molar-refractivity contribution in [2.45, 2.75) is 17.1 Å². The van der Waals surface area contributed by atoms with E-state index in [4.69, 9.17) is 0 Å². The third-order valence-corrected chi connectivity index (χ3v) is 10.3. The van der Waals surface area contributed by atoms with Crippen LogP contribution in [0.1, 0.15) is 28.1 Å². The molecule has 0 radical (unpaired) electrons. The van der Waals surface area contributed by atoms with Crippen LogP contribution < -0.4 is 5.32 Å². The van der Waals surface area contributed by atoms with E-state index >= 15 is 0 Å². The summed E-state index contributed by atoms with van der Waals surface area (Å²) in [5.41, 5.74) is 1.87. The topological polar surface area (TPSA) is 96.4 Å². The monoisotopic (exact) mass is 537 g/mol. The van der Waals surface area contributed by atoms with Crippen molar-refractivity contribution in [3.63, 3.8) is 0 Å². The van der Waals surface area contributed by atoms with E-state index in [2.05, 4.69) is 10.3 Å². The summed E-state index contributed by atoms with van der Waals surface area (Å²) in [5.74, 6) is -0.702. The van der Waals surface area contributed by atoms with Crippen LogP contribution in [-0.2, 0) is 14.8 Å². The molecule has 2 aromatic heterocycles. The van der Waals surface area contributed by atoms with Gasteiger partial charge in [-0.2, -0.15) is 4.31 Å². The number of aromatic nitrogens is 1. The molecule has 1 amide bonds. The zero-order valence-corrected chi connectivity index (χ0v) is 21.6. The molecule has 10 heteroatoms. The molecule has 0 atom stereocenters. The number of thiophene rings is 1. The van der Waals surface area contributed by atoms with E-state index in [-0.39, 0.29) is 30.7 Å². The van der Waals surface area contributed by atoms with Crippen LogP contribution >= 0.6 is 22.7 Å². The van der Waals surface area contributed by atoms with Gasteiger partial charge in [0.05, 0.1) is 5.69 Å². The maximum Gasteiger partial charge on any atom is 0.252 e. The van der Waals surface area contributed by atoms with Gasteiger partial charge in [-0.1, -0.05) is 78.1 Å². The molecule has 1 aliphatic rings. The molecule has 5 rings (SSSR count). The Morgan fingerprint density at radius 3 is 2.22 bits per heavy atom. The first kappa shape index (κ1) is 24.5. The van der Waals surface area contributed by atoms with E-state index in [1.165, 1.54) is 15.6 Å². The number of hydrogen-bond acceptors (Lipinski definition) is 7. The van der Waals surface area contributed by atoms with Crippen molar-refractivity contribution in [3.05, 3.63) is 88.6 Å². The predicted molar refractivity (Wildman–Crippen MR) is 142 cm³/mol. The highest BCUT2D eigenvalue weighted by Gasteiger charge is 2.33. The molecule has 7 nitrogen and oxygen atoms in total. The van der Waals surface area contributed by atoms with Gasteiger partial charge in [0, 0.05) is 30.1 Å². The van der Waals surface area contributed by atoms with Gasteiger partial charge in [0.15, 0.2) is 5.13 Å². The first-order chi connectivity index (χ1) is 17.4. The van der Waals surface area contributed by atoms with Crippen molar-refractivity contribution in [1.82, 2.24) is 9.29 Å². The molecule has 3 heterocycles. The molecule has 2 aromatic carbocycles. The lowest BCUT2D eigenvalue weighted by atomic mass is 9.97. The van der Waals surface area contributed by atoms with Crippen molar-refractivity contribution >= 4 is 49.5 Å². The van der Waals surface area contributed by atoms with Gasteiger partial charge in [-0.05, 0) is 24.3 Å². The third-order valence-electron chi connectivity index (χ3n) is 6.06. The Kier molecular flexibility index (Phi) is 7.10. The van der Waals surface area contributed by atoms with E-state index in [1.54, 1.807) is 29.6 Å². The second-order valence-corrected chi connectivity index (χ2v) is 12.5. The number of rotatable bonds is 7. The number of piperidine rings is 1. The van der Waals surface area contributed by atoms with E-state index in [1.807, 2.05) is 48.5 Å². The summed E-state index contributed by atoms with van der Waals surface area (Å²) in [6, 6.07) is 21.7. The smallest absolute Gasteiger partial charge is 0.252 e. The molecule has 0 aliphatic carbocycles. The maximum absolute atomic E-state index is 13.3. The summed E-state index contributed by atoms with van der Waals surface area (Å²) < 4.78 is 27.3. The predicted octanol–water partition coefficient (Wildman–Crippen LogP) is 5.14. The average molecular weight is 538 g/mol. The quantitative estimate of drug-likeness (QED) is 0.329. The number of benzene rings is 2. The SMILES string of the molecule is O=C(c1ccccc1)c1sc(NC(=O)C2CCN(S(=O)(=O)c3cccs3)CC2)nc1-c1ccccc1. The maximum atomic E-state index is 13.3. The summed E-state index contributed by atoms with van der Waals surface area (Å²) in [4.78, 5) is 31.4. The summed E-state index contributed by atoms with van der Waals surface area (Å²) in [6.45, 7) is 0.562. The van der Waals surface area contributed by atoms with Crippen molar-refractivity contribution in [2.75, 3.05) is 18.4 Å². The van der Waals surface area contributed by atoms with Crippen molar-refractivity contribution in [1.29, 1.82) is 0 Å². The molecule has 36 heavy (non-hydrogen) atoms. The van der Waals surface area contributed by atoms with E-state index in [0.29, 0.717) is 38.3 Å². The summed E-state index contributed by atoms with van der Waals surface area (Å²) in [6.07, 6.45) is 0.840. The minimum atomic E-state index is -3.52. The largest absolute Gasteiger partial charge is 0.302 e. The highest BCUT2D eigenvalue weighted by molar-refractivity contribution is 7.91. The number of sulfonamides is 1. The van der Waals surface area contributed by atoms with Crippen molar-refractivity contribution in [3.8, 4) is 11.3 Å². The van der Waals surface area contributed by atoms with E-state index in [9.17, 15) is 18.0 Å². The van der Waals surface area contributed by atoms with Crippen molar-refractivity contribution < 1.29 is 18.0 Å². The first-order valence-electron chi connectivity index (χ1n) is 11.4. The lowest BCUT2D eigenvalue weighted by Crippen LogP contribution is -2.41.